The highest BCUT2D eigenvalue weighted by molar-refractivity contribution is 5.80. The summed E-state index contributed by atoms with van der Waals surface area (Å²) in [4.78, 5) is 38.6. The third kappa shape index (κ3) is 10.4. The predicted octanol–water partition coefficient (Wildman–Crippen LogP) is 1.72. The molecule has 3 amide bonds. The lowest BCUT2D eigenvalue weighted by Gasteiger charge is -2.31. The Morgan fingerprint density at radius 1 is 1.00 bits per heavy atom. The molecular formula is C25H40N4O6. The van der Waals surface area contributed by atoms with Gasteiger partial charge in [0, 0.05) is 26.2 Å². The van der Waals surface area contributed by atoms with Crippen molar-refractivity contribution >= 4 is 17.9 Å². The summed E-state index contributed by atoms with van der Waals surface area (Å²) in [5, 5.41) is 8.43. The van der Waals surface area contributed by atoms with Crippen LogP contribution >= 0.6 is 0 Å². The molecule has 1 aliphatic heterocycles. The number of benzene rings is 1. The maximum absolute atomic E-state index is 12.5. The molecule has 0 radical (unpaired) electrons. The van der Waals surface area contributed by atoms with Gasteiger partial charge in [-0.3, -0.25) is 14.5 Å². The average Bonchev–Trinajstić information content (AvgIpc) is 2.80. The van der Waals surface area contributed by atoms with Crippen LogP contribution in [0.2, 0.25) is 0 Å². The first-order valence-electron chi connectivity index (χ1n) is 12.1. The van der Waals surface area contributed by atoms with Gasteiger partial charge in [0.05, 0.1) is 26.7 Å². The highest BCUT2D eigenvalue weighted by Gasteiger charge is 2.26. The molecule has 1 fully saturated rings. The van der Waals surface area contributed by atoms with Gasteiger partial charge in [-0.25, -0.2) is 4.79 Å². The number of hydrogen-bond donors (Lipinski definition) is 3. The second-order valence-corrected chi connectivity index (χ2v) is 9.58. The van der Waals surface area contributed by atoms with Gasteiger partial charge in [0.25, 0.3) is 0 Å². The number of alkyl carbamates (subject to hydrolysis) is 1. The average molecular weight is 493 g/mol. The summed E-state index contributed by atoms with van der Waals surface area (Å²) in [5.41, 5.74) is 0.479. The summed E-state index contributed by atoms with van der Waals surface area (Å²) < 4.78 is 15.7. The molecule has 0 spiro atoms. The molecule has 3 N–H and O–H groups in total. The molecule has 1 aliphatic rings. The number of amides is 3. The number of piperidine rings is 1. The molecule has 1 saturated heterocycles. The number of ether oxygens (including phenoxy) is 3. The van der Waals surface area contributed by atoms with Crippen LogP contribution in [0.15, 0.2) is 18.2 Å². The van der Waals surface area contributed by atoms with Crippen LogP contribution in [0.1, 0.15) is 39.2 Å². The summed E-state index contributed by atoms with van der Waals surface area (Å²) in [6.07, 6.45) is 1.80. The van der Waals surface area contributed by atoms with Crippen molar-refractivity contribution in [3.63, 3.8) is 0 Å². The van der Waals surface area contributed by atoms with E-state index in [2.05, 4.69) is 16.0 Å². The van der Waals surface area contributed by atoms with Crippen LogP contribution < -0.4 is 25.4 Å². The van der Waals surface area contributed by atoms with Crippen LogP contribution in [0.25, 0.3) is 0 Å². The van der Waals surface area contributed by atoms with Crippen molar-refractivity contribution in [2.45, 2.75) is 45.6 Å². The zero-order valence-corrected chi connectivity index (χ0v) is 21.6. The molecular weight excluding hydrogens is 452 g/mol. The Labute approximate surface area is 208 Å². The van der Waals surface area contributed by atoms with Gasteiger partial charge in [0.2, 0.25) is 11.8 Å². The number of rotatable bonds is 11. The van der Waals surface area contributed by atoms with E-state index in [1.807, 2.05) is 23.1 Å². The fraction of sp³-hybridized carbons (Fsp3) is 0.640. The van der Waals surface area contributed by atoms with Crippen molar-refractivity contribution in [2.75, 3.05) is 53.5 Å². The number of nitrogens with zero attached hydrogens (tertiary/aromatic N) is 1. The monoisotopic (exact) mass is 492 g/mol. The minimum absolute atomic E-state index is 0.0606. The Bertz CT molecular complexity index is 855. The number of likely N-dealkylation sites (tertiary alicyclic amines) is 1. The Balaban J connectivity index is 1.67. The number of methoxy groups -OCH3 is 2. The van der Waals surface area contributed by atoms with Gasteiger partial charge >= 0.3 is 6.09 Å². The van der Waals surface area contributed by atoms with Crippen molar-refractivity contribution in [2.24, 2.45) is 5.92 Å². The van der Waals surface area contributed by atoms with E-state index in [0.29, 0.717) is 44.1 Å². The summed E-state index contributed by atoms with van der Waals surface area (Å²) >= 11 is 0. The molecule has 35 heavy (non-hydrogen) atoms. The van der Waals surface area contributed by atoms with Crippen molar-refractivity contribution in [3.8, 4) is 11.5 Å². The first-order chi connectivity index (χ1) is 16.6. The maximum Gasteiger partial charge on any atom is 0.407 e. The van der Waals surface area contributed by atoms with E-state index in [-0.39, 0.29) is 24.3 Å². The van der Waals surface area contributed by atoms with E-state index in [9.17, 15) is 14.4 Å². The zero-order chi connectivity index (χ0) is 25.8. The molecule has 0 aromatic heterocycles. The molecule has 2 rings (SSSR count). The second kappa shape index (κ2) is 13.8. The van der Waals surface area contributed by atoms with E-state index in [0.717, 1.165) is 24.9 Å². The van der Waals surface area contributed by atoms with Gasteiger partial charge in [0.15, 0.2) is 11.5 Å². The zero-order valence-electron chi connectivity index (χ0n) is 21.6. The quantitative estimate of drug-likeness (QED) is 0.403. The molecule has 0 saturated carbocycles. The van der Waals surface area contributed by atoms with Crippen LogP contribution in [0, 0.1) is 5.92 Å². The van der Waals surface area contributed by atoms with E-state index in [1.54, 1.807) is 35.0 Å². The molecule has 1 unspecified atom stereocenters. The largest absolute Gasteiger partial charge is 0.493 e. The van der Waals surface area contributed by atoms with E-state index in [1.165, 1.54) is 0 Å². The number of nitrogens with one attached hydrogen (secondary N) is 3. The van der Waals surface area contributed by atoms with E-state index < -0.39 is 11.7 Å². The Kier molecular flexibility index (Phi) is 11.1. The summed E-state index contributed by atoms with van der Waals surface area (Å²) in [6, 6.07) is 5.70. The minimum atomic E-state index is -0.561. The van der Waals surface area contributed by atoms with E-state index >= 15 is 0 Å². The third-order valence-electron chi connectivity index (χ3n) is 5.52. The fourth-order valence-electron chi connectivity index (χ4n) is 3.86. The number of carbonyl (C=O) groups excluding carboxylic acids is 3. The lowest BCUT2D eigenvalue weighted by Crippen LogP contribution is -2.47. The van der Waals surface area contributed by atoms with Crippen molar-refractivity contribution < 1.29 is 28.6 Å². The first-order valence-corrected chi connectivity index (χ1v) is 12.1. The van der Waals surface area contributed by atoms with Gasteiger partial charge < -0.3 is 30.2 Å². The normalized spacial score (nSPS) is 16.2. The van der Waals surface area contributed by atoms with Gasteiger partial charge in [-0.15, -0.1) is 0 Å². The molecule has 10 heteroatoms. The Morgan fingerprint density at radius 3 is 2.40 bits per heavy atom. The van der Waals surface area contributed by atoms with Crippen LogP contribution in [-0.4, -0.2) is 81.9 Å². The standard InChI is InChI=1S/C25H40N4O6/c1-25(2,3)35-24(32)28-13-12-27-23(31)19-7-6-14-29(16-19)17-22(30)26-11-10-18-8-9-20(33-4)21(15-18)34-5/h8-9,15,19H,6-7,10-14,16-17H2,1-5H3,(H,26,30)(H,27,31)(H,28,32). The molecule has 0 aliphatic carbocycles. The highest BCUT2D eigenvalue weighted by atomic mass is 16.6. The van der Waals surface area contributed by atoms with Crippen molar-refractivity contribution in [1.82, 2.24) is 20.9 Å². The molecule has 1 aromatic rings. The Morgan fingerprint density at radius 2 is 1.71 bits per heavy atom. The molecule has 1 aromatic carbocycles. The first kappa shape index (κ1) is 28.2. The maximum atomic E-state index is 12.5. The van der Waals surface area contributed by atoms with Crippen molar-refractivity contribution in [1.29, 1.82) is 0 Å². The number of carbonyl (C=O) groups is 3. The lowest BCUT2D eigenvalue weighted by molar-refractivity contribution is -0.128. The fourth-order valence-corrected chi connectivity index (χ4v) is 3.86. The van der Waals surface area contributed by atoms with Gasteiger partial charge in [-0.2, -0.15) is 0 Å². The molecule has 1 atom stereocenters. The van der Waals surface area contributed by atoms with E-state index in [4.69, 9.17) is 14.2 Å². The smallest absolute Gasteiger partial charge is 0.407 e. The van der Waals surface area contributed by atoms with Gasteiger partial charge in [-0.1, -0.05) is 6.07 Å². The van der Waals surface area contributed by atoms with Crippen LogP contribution in [0.4, 0.5) is 4.79 Å². The Hall–Kier alpha value is -3.01. The topological polar surface area (TPSA) is 118 Å². The SMILES string of the molecule is COc1ccc(CCNC(=O)CN2CCCC(C(=O)NCCNC(=O)OC(C)(C)C)C2)cc1OC. The molecule has 1 heterocycles. The van der Waals surface area contributed by atoms with Crippen LogP contribution in [0.5, 0.6) is 11.5 Å². The summed E-state index contributed by atoms with van der Waals surface area (Å²) in [5.74, 6) is 1.03. The summed E-state index contributed by atoms with van der Waals surface area (Å²) in [7, 11) is 3.19. The third-order valence-corrected chi connectivity index (χ3v) is 5.52. The molecule has 10 nitrogen and oxygen atoms in total. The second-order valence-electron chi connectivity index (χ2n) is 9.58. The summed E-state index contributed by atoms with van der Waals surface area (Å²) in [6.45, 7) is 8.09. The molecule has 0 bridgehead atoms. The predicted molar refractivity (Wildman–Crippen MR) is 133 cm³/mol. The van der Waals surface area contributed by atoms with Crippen LogP contribution in [0.3, 0.4) is 0 Å². The lowest BCUT2D eigenvalue weighted by atomic mass is 9.97. The highest BCUT2D eigenvalue weighted by Crippen LogP contribution is 2.27. The van der Waals surface area contributed by atoms with Crippen LogP contribution in [-0.2, 0) is 20.7 Å². The van der Waals surface area contributed by atoms with Crippen molar-refractivity contribution in [3.05, 3.63) is 23.8 Å². The minimum Gasteiger partial charge on any atom is -0.493 e. The molecule has 196 valence electrons. The van der Waals surface area contributed by atoms with Gasteiger partial charge in [0.1, 0.15) is 5.60 Å². The van der Waals surface area contributed by atoms with Gasteiger partial charge in [-0.05, 0) is 64.3 Å². The number of hydrogen-bond acceptors (Lipinski definition) is 7.